The Morgan fingerprint density at radius 2 is 2.24 bits per heavy atom. The van der Waals surface area contributed by atoms with Gasteiger partial charge in [0.1, 0.15) is 11.4 Å². The van der Waals surface area contributed by atoms with Gasteiger partial charge in [0.05, 0.1) is 12.2 Å². The Morgan fingerprint density at radius 3 is 2.95 bits per heavy atom. The average Bonchev–Trinajstić information content (AvgIpc) is 2.92. The predicted molar refractivity (Wildman–Crippen MR) is 80.0 cm³/mol. The number of hydrogen-bond acceptors (Lipinski definition) is 5. The second-order valence-corrected chi connectivity index (χ2v) is 5.93. The Hall–Kier alpha value is -1.31. The lowest BCUT2D eigenvalue weighted by Gasteiger charge is -2.19. The van der Waals surface area contributed by atoms with Crippen LogP contribution in [0.2, 0.25) is 0 Å². The molecule has 5 nitrogen and oxygen atoms in total. The normalized spacial score (nSPS) is 14.1. The van der Waals surface area contributed by atoms with Gasteiger partial charge in [-0.25, -0.2) is 4.39 Å². The van der Waals surface area contributed by atoms with Crippen LogP contribution in [0.1, 0.15) is 26.1 Å². The van der Waals surface area contributed by atoms with Crippen LogP contribution >= 0.6 is 15.9 Å². The third kappa shape index (κ3) is 3.87. The maximum atomic E-state index is 13.8. The molecule has 0 saturated carbocycles. The first kappa shape index (κ1) is 16.1. The van der Waals surface area contributed by atoms with Gasteiger partial charge in [-0.1, -0.05) is 28.0 Å². The van der Waals surface area contributed by atoms with Crippen LogP contribution in [-0.2, 0) is 10.3 Å². The number of rotatable bonds is 6. The molecule has 21 heavy (non-hydrogen) atoms. The molecule has 0 bridgehead atoms. The molecule has 0 aliphatic rings. The van der Waals surface area contributed by atoms with E-state index in [1.807, 2.05) is 6.92 Å². The highest BCUT2D eigenvalue weighted by Gasteiger charge is 2.28. The van der Waals surface area contributed by atoms with E-state index in [4.69, 9.17) is 15.0 Å². The second-order valence-electron chi connectivity index (χ2n) is 5.02. The van der Waals surface area contributed by atoms with E-state index in [0.29, 0.717) is 6.61 Å². The van der Waals surface area contributed by atoms with Crippen molar-refractivity contribution in [2.24, 2.45) is 5.73 Å². The molecule has 1 heterocycles. The van der Waals surface area contributed by atoms with Gasteiger partial charge in [-0.2, -0.15) is 4.98 Å². The summed E-state index contributed by atoms with van der Waals surface area (Å²) in [6, 6.07) is 4.51. The zero-order valence-electron chi connectivity index (χ0n) is 11.9. The van der Waals surface area contributed by atoms with Crippen molar-refractivity contribution in [3.05, 3.63) is 34.3 Å². The summed E-state index contributed by atoms with van der Waals surface area (Å²) in [6.45, 7) is 4.63. The maximum Gasteiger partial charge on any atom is 0.261 e. The highest BCUT2D eigenvalue weighted by Crippen LogP contribution is 2.26. The first-order valence-corrected chi connectivity index (χ1v) is 7.39. The van der Waals surface area contributed by atoms with E-state index in [0.717, 1.165) is 10.9 Å². The highest BCUT2D eigenvalue weighted by molar-refractivity contribution is 9.10. The summed E-state index contributed by atoms with van der Waals surface area (Å²) in [5.74, 6) is -0.0571. The summed E-state index contributed by atoms with van der Waals surface area (Å²) in [6.07, 6.45) is 0.900. The quantitative estimate of drug-likeness (QED) is 0.803. The van der Waals surface area contributed by atoms with Crippen LogP contribution in [0.4, 0.5) is 4.39 Å². The van der Waals surface area contributed by atoms with Crippen LogP contribution in [0.15, 0.2) is 27.2 Å². The molecule has 2 rings (SSSR count). The van der Waals surface area contributed by atoms with Crippen molar-refractivity contribution in [3.63, 3.8) is 0 Å². The number of hydrogen-bond donors (Lipinski definition) is 1. The summed E-state index contributed by atoms with van der Waals surface area (Å²) >= 11 is 3.28. The molecule has 0 radical (unpaired) electrons. The Labute approximate surface area is 130 Å². The Kier molecular flexibility index (Phi) is 5.08. The van der Waals surface area contributed by atoms with E-state index in [1.54, 1.807) is 19.1 Å². The Bertz CT molecular complexity index is 616. The molecule has 7 heteroatoms. The smallest absolute Gasteiger partial charge is 0.261 e. The van der Waals surface area contributed by atoms with Crippen LogP contribution in [-0.4, -0.2) is 23.4 Å². The molecule has 0 spiro atoms. The number of halogens is 2. The van der Waals surface area contributed by atoms with Gasteiger partial charge in [0, 0.05) is 11.1 Å². The molecular formula is C14H17BrFN3O2. The number of benzene rings is 1. The predicted octanol–water partition coefficient (Wildman–Crippen LogP) is 3.24. The van der Waals surface area contributed by atoms with E-state index in [1.165, 1.54) is 6.07 Å². The standard InChI is InChI=1S/C14H17BrFN3O2/c1-3-6-20-8-14(2,17)13-18-12(21-19-13)10-7-9(15)4-5-11(10)16/h4-5,7H,3,6,8,17H2,1-2H3. The van der Waals surface area contributed by atoms with E-state index in [-0.39, 0.29) is 23.9 Å². The summed E-state index contributed by atoms with van der Waals surface area (Å²) in [4.78, 5) is 4.19. The number of aromatic nitrogens is 2. The Morgan fingerprint density at radius 1 is 1.48 bits per heavy atom. The molecule has 0 fully saturated rings. The van der Waals surface area contributed by atoms with Gasteiger partial charge in [-0.3, -0.25) is 0 Å². The van der Waals surface area contributed by atoms with Crippen LogP contribution in [0.5, 0.6) is 0 Å². The summed E-state index contributed by atoms with van der Waals surface area (Å²) < 4.78 is 25.1. The third-order valence-corrected chi connectivity index (χ3v) is 3.34. The molecular weight excluding hydrogens is 341 g/mol. The van der Waals surface area contributed by atoms with Crippen molar-refractivity contribution in [1.82, 2.24) is 10.1 Å². The van der Waals surface area contributed by atoms with Gasteiger partial charge in [-0.15, -0.1) is 0 Å². The van der Waals surface area contributed by atoms with Crippen molar-refractivity contribution in [1.29, 1.82) is 0 Å². The van der Waals surface area contributed by atoms with E-state index < -0.39 is 11.4 Å². The molecule has 1 atom stereocenters. The minimum atomic E-state index is -0.889. The highest BCUT2D eigenvalue weighted by atomic mass is 79.9. The van der Waals surface area contributed by atoms with Crippen LogP contribution < -0.4 is 5.73 Å². The molecule has 0 amide bonds. The van der Waals surface area contributed by atoms with Crippen molar-refractivity contribution in [2.45, 2.75) is 25.8 Å². The SMILES string of the molecule is CCCOCC(C)(N)c1noc(-c2cc(Br)ccc2F)n1. The largest absolute Gasteiger partial charge is 0.379 e. The summed E-state index contributed by atoms with van der Waals surface area (Å²) in [7, 11) is 0. The average molecular weight is 358 g/mol. The zero-order valence-corrected chi connectivity index (χ0v) is 13.5. The van der Waals surface area contributed by atoms with Crippen molar-refractivity contribution in [2.75, 3.05) is 13.2 Å². The topological polar surface area (TPSA) is 74.2 Å². The first-order valence-electron chi connectivity index (χ1n) is 6.60. The molecule has 0 aliphatic carbocycles. The van der Waals surface area contributed by atoms with Gasteiger partial charge in [0.25, 0.3) is 5.89 Å². The van der Waals surface area contributed by atoms with Crippen molar-refractivity contribution in [3.8, 4) is 11.5 Å². The minimum absolute atomic E-state index is 0.0935. The fourth-order valence-electron chi connectivity index (χ4n) is 1.72. The first-order chi connectivity index (χ1) is 9.94. The molecule has 1 aromatic carbocycles. The van der Waals surface area contributed by atoms with Gasteiger partial charge < -0.3 is 15.0 Å². The van der Waals surface area contributed by atoms with Gasteiger partial charge >= 0.3 is 0 Å². The lowest BCUT2D eigenvalue weighted by Crippen LogP contribution is -2.39. The van der Waals surface area contributed by atoms with E-state index in [2.05, 4.69) is 26.1 Å². The van der Waals surface area contributed by atoms with E-state index in [9.17, 15) is 4.39 Å². The van der Waals surface area contributed by atoms with Crippen LogP contribution in [0.25, 0.3) is 11.5 Å². The molecule has 0 aliphatic heterocycles. The molecule has 114 valence electrons. The summed E-state index contributed by atoms with van der Waals surface area (Å²) in [5, 5.41) is 3.84. The third-order valence-electron chi connectivity index (χ3n) is 2.85. The Balaban J connectivity index is 2.23. The number of nitrogens with zero attached hydrogens (tertiary/aromatic N) is 2. The van der Waals surface area contributed by atoms with Crippen LogP contribution in [0.3, 0.4) is 0 Å². The summed E-state index contributed by atoms with van der Waals surface area (Å²) in [5.41, 5.74) is 5.47. The maximum absolute atomic E-state index is 13.8. The lowest BCUT2D eigenvalue weighted by molar-refractivity contribution is 0.0867. The molecule has 2 N–H and O–H groups in total. The molecule has 0 saturated heterocycles. The van der Waals surface area contributed by atoms with Gasteiger partial charge in [-0.05, 0) is 31.5 Å². The monoisotopic (exact) mass is 357 g/mol. The molecule has 2 aromatic rings. The number of ether oxygens (including phenoxy) is 1. The molecule has 1 aromatic heterocycles. The fourth-order valence-corrected chi connectivity index (χ4v) is 2.08. The van der Waals surface area contributed by atoms with Crippen molar-refractivity contribution < 1.29 is 13.7 Å². The lowest BCUT2D eigenvalue weighted by atomic mass is 10.1. The van der Waals surface area contributed by atoms with Crippen LogP contribution in [0, 0.1) is 5.82 Å². The zero-order chi connectivity index (χ0) is 15.5. The van der Waals surface area contributed by atoms with Gasteiger partial charge in [0.2, 0.25) is 0 Å². The fraction of sp³-hybridized carbons (Fsp3) is 0.429. The second kappa shape index (κ2) is 6.64. The van der Waals surface area contributed by atoms with Crippen molar-refractivity contribution >= 4 is 15.9 Å². The van der Waals surface area contributed by atoms with E-state index >= 15 is 0 Å². The van der Waals surface area contributed by atoms with Gasteiger partial charge in [0.15, 0.2) is 5.82 Å². The molecule has 1 unspecified atom stereocenters. The number of nitrogens with two attached hydrogens (primary N) is 1. The minimum Gasteiger partial charge on any atom is -0.379 e.